The van der Waals surface area contributed by atoms with E-state index in [1.807, 2.05) is 17.9 Å². The Labute approximate surface area is 90.6 Å². The number of halogens is 1. The standard InChI is InChI=1S/C11H17ClN2/c1-8(2)10(6-12)5-11-7-13-14(4)9(11)3/h5,7-8H,6H2,1-4H3. The van der Waals surface area contributed by atoms with Crippen molar-refractivity contribution in [2.24, 2.45) is 13.0 Å². The highest BCUT2D eigenvalue weighted by Gasteiger charge is 2.05. The van der Waals surface area contributed by atoms with Gasteiger partial charge in [0.25, 0.3) is 0 Å². The molecule has 0 aliphatic rings. The molecule has 14 heavy (non-hydrogen) atoms. The topological polar surface area (TPSA) is 17.8 Å². The first-order chi connectivity index (χ1) is 6.56. The van der Waals surface area contributed by atoms with Crippen LogP contribution in [0.2, 0.25) is 0 Å². The minimum Gasteiger partial charge on any atom is -0.272 e. The second-order valence-corrected chi connectivity index (χ2v) is 4.08. The molecule has 0 aliphatic heterocycles. The van der Waals surface area contributed by atoms with E-state index in [-0.39, 0.29) is 0 Å². The number of allylic oxidation sites excluding steroid dienone is 1. The Morgan fingerprint density at radius 1 is 1.64 bits per heavy atom. The Balaban J connectivity index is 3.00. The van der Waals surface area contributed by atoms with Gasteiger partial charge in [-0.15, -0.1) is 11.6 Å². The van der Waals surface area contributed by atoms with E-state index in [4.69, 9.17) is 11.6 Å². The zero-order chi connectivity index (χ0) is 10.7. The fourth-order valence-electron chi connectivity index (χ4n) is 1.22. The van der Waals surface area contributed by atoms with E-state index < -0.39 is 0 Å². The highest BCUT2D eigenvalue weighted by atomic mass is 35.5. The fraction of sp³-hybridized carbons (Fsp3) is 0.545. The molecule has 78 valence electrons. The molecule has 0 aliphatic carbocycles. The van der Waals surface area contributed by atoms with Gasteiger partial charge in [-0.25, -0.2) is 0 Å². The number of alkyl halides is 1. The van der Waals surface area contributed by atoms with Crippen molar-refractivity contribution in [3.05, 3.63) is 23.0 Å². The van der Waals surface area contributed by atoms with E-state index in [0.717, 1.165) is 5.56 Å². The van der Waals surface area contributed by atoms with Crippen LogP contribution in [0.4, 0.5) is 0 Å². The van der Waals surface area contributed by atoms with Crippen LogP contribution in [-0.4, -0.2) is 15.7 Å². The molecule has 1 rings (SSSR count). The van der Waals surface area contributed by atoms with Crippen LogP contribution < -0.4 is 0 Å². The molecule has 0 saturated heterocycles. The maximum Gasteiger partial charge on any atom is 0.0564 e. The molecule has 0 bridgehead atoms. The van der Waals surface area contributed by atoms with Crippen molar-refractivity contribution in [3.63, 3.8) is 0 Å². The van der Waals surface area contributed by atoms with Gasteiger partial charge in [-0.2, -0.15) is 5.10 Å². The van der Waals surface area contributed by atoms with Gasteiger partial charge in [0, 0.05) is 24.2 Å². The highest BCUT2D eigenvalue weighted by molar-refractivity contribution is 6.19. The predicted octanol–water partition coefficient (Wildman–Crippen LogP) is 3.01. The number of aromatic nitrogens is 2. The predicted molar refractivity (Wildman–Crippen MR) is 61.5 cm³/mol. The van der Waals surface area contributed by atoms with Gasteiger partial charge in [-0.05, 0) is 12.8 Å². The molecule has 0 unspecified atom stereocenters. The van der Waals surface area contributed by atoms with Gasteiger partial charge in [0.15, 0.2) is 0 Å². The summed E-state index contributed by atoms with van der Waals surface area (Å²) in [6.45, 7) is 6.37. The summed E-state index contributed by atoms with van der Waals surface area (Å²) in [7, 11) is 1.95. The lowest BCUT2D eigenvalue weighted by Gasteiger charge is -2.07. The van der Waals surface area contributed by atoms with Gasteiger partial charge < -0.3 is 0 Å². The van der Waals surface area contributed by atoms with E-state index in [1.165, 1.54) is 11.3 Å². The second-order valence-electron chi connectivity index (χ2n) is 3.82. The van der Waals surface area contributed by atoms with Crippen LogP contribution in [0.1, 0.15) is 25.1 Å². The molecule has 0 fully saturated rings. The molecular formula is C11H17ClN2. The summed E-state index contributed by atoms with van der Waals surface area (Å²) in [4.78, 5) is 0. The van der Waals surface area contributed by atoms with Crippen LogP contribution >= 0.6 is 11.6 Å². The van der Waals surface area contributed by atoms with E-state index >= 15 is 0 Å². The molecule has 0 saturated carbocycles. The highest BCUT2D eigenvalue weighted by Crippen LogP contribution is 2.17. The second kappa shape index (κ2) is 4.65. The van der Waals surface area contributed by atoms with Gasteiger partial charge >= 0.3 is 0 Å². The number of nitrogens with zero attached hydrogens (tertiary/aromatic N) is 2. The molecule has 1 aromatic heterocycles. The Bertz CT molecular complexity index is 337. The normalized spacial score (nSPS) is 12.6. The van der Waals surface area contributed by atoms with Crippen molar-refractivity contribution in [3.8, 4) is 0 Å². The number of aryl methyl sites for hydroxylation is 1. The van der Waals surface area contributed by atoms with Crippen molar-refractivity contribution < 1.29 is 0 Å². The largest absolute Gasteiger partial charge is 0.272 e. The van der Waals surface area contributed by atoms with Gasteiger partial charge in [-0.3, -0.25) is 4.68 Å². The average Bonchev–Trinajstić information content (AvgIpc) is 2.44. The molecule has 2 nitrogen and oxygen atoms in total. The van der Waals surface area contributed by atoms with E-state index in [0.29, 0.717) is 11.8 Å². The lowest BCUT2D eigenvalue weighted by atomic mass is 10.0. The number of rotatable bonds is 3. The number of hydrogen-bond donors (Lipinski definition) is 0. The Kier molecular flexibility index (Phi) is 3.76. The van der Waals surface area contributed by atoms with E-state index in [2.05, 4.69) is 31.9 Å². The van der Waals surface area contributed by atoms with Crippen LogP contribution in [-0.2, 0) is 7.05 Å². The monoisotopic (exact) mass is 212 g/mol. The smallest absolute Gasteiger partial charge is 0.0564 e. The summed E-state index contributed by atoms with van der Waals surface area (Å²) < 4.78 is 1.87. The van der Waals surface area contributed by atoms with Crippen LogP contribution in [0.3, 0.4) is 0 Å². The third kappa shape index (κ3) is 2.38. The van der Waals surface area contributed by atoms with Crippen LogP contribution in [0.25, 0.3) is 6.08 Å². The molecule has 0 radical (unpaired) electrons. The molecule has 0 N–H and O–H groups in total. The van der Waals surface area contributed by atoms with Crippen LogP contribution in [0.15, 0.2) is 11.8 Å². The summed E-state index contributed by atoms with van der Waals surface area (Å²) in [5.74, 6) is 1.08. The summed E-state index contributed by atoms with van der Waals surface area (Å²) in [5, 5.41) is 4.19. The van der Waals surface area contributed by atoms with E-state index in [9.17, 15) is 0 Å². The summed E-state index contributed by atoms with van der Waals surface area (Å²) >= 11 is 5.88. The SMILES string of the molecule is Cc1c(C=C(CCl)C(C)C)cnn1C. The molecule has 0 spiro atoms. The first-order valence-corrected chi connectivity index (χ1v) is 5.34. The van der Waals surface area contributed by atoms with Crippen molar-refractivity contribution in [1.29, 1.82) is 0 Å². The zero-order valence-electron chi connectivity index (χ0n) is 9.21. The molecule has 0 atom stereocenters. The van der Waals surface area contributed by atoms with Crippen molar-refractivity contribution in [1.82, 2.24) is 9.78 Å². The summed E-state index contributed by atoms with van der Waals surface area (Å²) in [5.41, 5.74) is 3.59. The minimum atomic E-state index is 0.493. The Morgan fingerprint density at radius 3 is 2.64 bits per heavy atom. The minimum absolute atomic E-state index is 0.493. The molecule has 3 heteroatoms. The Hall–Kier alpha value is -0.760. The van der Waals surface area contributed by atoms with Crippen molar-refractivity contribution in [2.45, 2.75) is 20.8 Å². The molecule has 1 aromatic rings. The average molecular weight is 213 g/mol. The summed E-state index contributed by atoms with van der Waals surface area (Å²) in [6, 6.07) is 0. The molecule has 0 aromatic carbocycles. The first-order valence-electron chi connectivity index (χ1n) is 4.81. The third-order valence-corrected chi connectivity index (χ3v) is 2.82. The maximum atomic E-state index is 5.88. The zero-order valence-corrected chi connectivity index (χ0v) is 9.97. The van der Waals surface area contributed by atoms with Crippen LogP contribution in [0, 0.1) is 12.8 Å². The fourth-order valence-corrected chi connectivity index (χ4v) is 1.60. The lowest BCUT2D eigenvalue weighted by molar-refractivity contribution is 0.739. The van der Waals surface area contributed by atoms with E-state index in [1.54, 1.807) is 0 Å². The molecule has 0 amide bonds. The van der Waals surface area contributed by atoms with Gasteiger partial charge in [0.05, 0.1) is 6.20 Å². The maximum absolute atomic E-state index is 5.88. The quantitative estimate of drug-likeness (QED) is 0.705. The molecule has 1 heterocycles. The van der Waals surface area contributed by atoms with Gasteiger partial charge in [0.2, 0.25) is 0 Å². The van der Waals surface area contributed by atoms with Crippen LogP contribution in [0.5, 0.6) is 0 Å². The lowest BCUT2D eigenvalue weighted by Crippen LogP contribution is -1.96. The first kappa shape index (κ1) is 11.3. The summed E-state index contributed by atoms with van der Waals surface area (Å²) in [6.07, 6.45) is 4.02. The molecular weight excluding hydrogens is 196 g/mol. The van der Waals surface area contributed by atoms with Crippen molar-refractivity contribution in [2.75, 3.05) is 5.88 Å². The van der Waals surface area contributed by atoms with Gasteiger partial charge in [-0.1, -0.05) is 25.5 Å². The number of hydrogen-bond acceptors (Lipinski definition) is 1. The van der Waals surface area contributed by atoms with Gasteiger partial charge in [0.1, 0.15) is 0 Å². The van der Waals surface area contributed by atoms with Crippen molar-refractivity contribution >= 4 is 17.7 Å². The Morgan fingerprint density at radius 2 is 2.29 bits per heavy atom. The third-order valence-electron chi connectivity index (χ3n) is 2.51.